The van der Waals surface area contributed by atoms with Crippen LogP contribution in [0.15, 0.2) is 59.6 Å². The van der Waals surface area contributed by atoms with Crippen molar-refractivity contribution in [1.82, 2.24) is 4.57 Å². The Balaban J connectivity index is 2.04. The Morgan fingerprint density at radius 2 is 2.00 bits per heavy atom. The molecule has 106 valence electrons. The van der Waals surface area contributed by atoms with E-state index in [9.17, 15) is 4.39 Å². The predicted octanol–water partition coefficient (Wildman–Crippen LogP) is 3.81. The second-order valence-corrected chi connectivity index (χ2v) is 5.82. The highest BCUT2D eigenvalue weighted by Gasteiger charge is 2.10. The standard InChI is InChI=1S/C16H14FN3S/c17-12-5-3-4-11(8-12)9-20-10-15(21-16(18)19)13-6-1-2-7-14(13)20/h1-8,10H,9H2,(H3,18,19). The lowest BCUT2D eigenvalue weighted by molar-refractivity contribution is 0.624. The van der Waals surface area contributed by atoms with E-state index >= 15 is 0 Å². The number of benzene rings is 2. The summed E-state index contributed by atoms with van der Waals surface area (Å²) in [5, 5.41) is 8.56. The van der Waals surface area contributed by atoms with E-state index in [0.717, 1.165) is 21.4 Å². The smallest absolute Gasteiger partial charge is 0.156 e. The summed E-state index contributed by atoms with van der Waals surface area (Å²) in [5.41, 5.74) is 7.43. The molecule has 0 aliphatic heterocycles. The number of hydrogen-bond donors (Lipinski definition) is 2. The third kappa shape index (κ3) is 2.92. The topological polar surface area (TPSA) is 54.8 Å². The fraction of sp³-hybridized carbons (Fsp3) is 0.0625. The van der Waals surface area contributed by atoms with E-state index in [2.05, 4.69) is 4.57 Å². The third-order valence-electron chi connectivity index (χ3n) is 3.21. The first-order valence-corrected chi connectivity index (χ1v) is 7.29. The number of para-hydroxylation sites is 1. The van der Waals surface area contributed by atoms with E-state index in [-0.39, 0.29) is 11.0 Å². The van der Waals surface area contributed by atoms with E-state index in [1.165, 1.54) is 23.9 Å². The van der Waals surface area contributed by atoms with Crippen molar-refractivity contribution in [2.24, 2.45) is 5.73 Å². The summed E-state index contributed by atoms with van der Waals surface area (Å²) in [6, 6.07) is 14.5. The summed E-state index contributed by atoms with van der Waals surface area (Å²) in [6.07, 6.45) is 1.96. The van der Waals surface area contributed by atoms with Crippen LogP contribution < -0.4 is 5.73 Å². The van der Waals surface area contributed by atoms with E-state index in [1.807, 2.05) is 36.5 Å². The second-order valence-electron chi connectivity index (χ2n) is 4.73. The molecule has 0 unspecified atom stereocenters. The largest absolute Gasteiger partial charge is 0.378 e. The number of nitrogens with zero attached hydrogens (tertiary/aromatic N) is 1. The number of hydrogen-bond acceptors (Lipinski definition) is 2. The molecule has 21 heavy (non-hydrogen) atoms. The van der Waals surface area contributed by atoms with Crippen molar-refractivity contribution >= 4 is 27.8 Å². The average Bonchev–Trinajstić information content (AvgIpc) is 2.77. The molecule has 3 aromatic rings. The van der Waals surface area contributed by atoms with Crippen molar-refractivity contribution < 1.29 is 4.39 Å². The van der Waals surface area contributed by atoms with Gasteiger partial charge < -0.3 is 10.3 Å². The number of fused-ring (bicyclic) bond motifs is 1. The van der Waals surface area contributed by atoms with Gasteiger partial charge in [-0.1, -0.05) is 42.1 Å². The van der Waals surface area contributed by atoms with Crippen LogP contribution >= 0.6 is 11.8 Å². The maximum Gasteiger partial charge on any atom is 0.156 e. The molecular weight excluding hydrogens is 285 g/mol. The maximum absolute atomic E-state index is 13.3. The van der Waals surface area contributed by atoms with Crippen molar-refractivity contribution in [2.45, 2.75) is 11.4 Å². The first-order chi connectivity index (χ1) is 10.1. The monoisotopic (exact) mass is 299 g/mol. The highest BCUT2D eigenvalue weighted by Crippen LogP contribution is 2.30. The highest BCUT2D eigenvalue weighted by molar-refractivity contribution is 8.13. The molecule has 0 atom stereocenters. The number of amidine groups is 1. The minimum absolute atomic E-state index is 0.0589. The average molecular weight is 299 g/mol. The molecule has 0 radical (unpaired) electrons. The summed E-state index contributed by atoms with van der Waals surface area (Å²) in [7, 11) is 0. The van der Waals surface area contributed by atoms with Crippen LogP contribution in [0.4, 0.5) is 4.39 Å². The summed E-state index contributed by atoms with van der Waals surface area (Å²) in [4.78, 5) is 0.939. The van der Waals surface area contributed by atoms with Crippen LogP contribution in [-0.2, 0) is 6.54 Å². The Bertz CT molecular complexity index is 810. The molecule has 3 N–H and O–H groups in total. The maximum atomic E-state index is 13.3. The molecule has 2 aromatic carbocycles. The lowest BCUT2D eigenvalue weighted by Gasteiger charge is -2.05. The van der Waals surface area contributed by atoms with Crippen LogP contribution in [0.1, 0.15) is 5.56 Å². The molecule has 0 aliphatic carbocycles. The molecule has 1 heterocycles. The van der Waals surface area contributed by atoms with Crippen LogP contribution in [0.2, 0.25) is 0 Å². The normalized spacial score (nSPS) is 10.9. The van der Waals surface area contributed by atoms with Crippen molar-refractivity contribution in [2.75, 3.05) is 0 Å². The van der Waals surface area contributed by atoms with Crippen molar-refractivity contribution in [3.05, 3.63) is 66.1 Å². The van der Waals surface area contributed by atoms with Gasteiger partial charge in [0.1, 0.15) is 5.82 Å². The minimum atomic E-state index is -0.234. The number of nitrogens with two attached hydrogens (primary N) is 1. The number of rotatable bonds is 3. The van der Waals surface area contributed by atoms with Crippen LogP contribution in [0.5, 0.6) is 0 Å². The fourth-order valence-corrected chi connectivity index (χ4v) is 3.08. The zero-order valence-electron chi connectivity index (χ0n) is 11.2. The molecule has 3 nitrogen and oxygen atoms in total. The van der Waals surface area contributed by atoms with E-state index in [0.29, 0.717) is 6.54 Å². The summed E-state index contributed by atoms with van der Waals surface area (Å²) in [5.74, 6) is -0.234. The molecule has 0 fully saturated rings. The minimum Gasteiger partial charge on any atom is -0.378 e. The van der Waals surface area contributed by atoms with Crippen molar-refractivity contribution in [3.63, 3.8) is 0 Å². The zero-order valence-corrected chi connectivity index (χ0v) is 12.0. The number of nitrogens with one attached hydrogen (secondary N) is 1. The van der Waals surface area contributed by atoms with Gasteiger partial charge in [0.15, 0.2) is 5.17 Å². The van der Waals surface area contributed by atoms with Gasteiger partial charge in [-0.25, -0.2) is 4.39 Å². The second kappa shape index (κ2) is 5.61. The quantitative estimate of drug-likeness (QED) is 0.439. The molecular formula is C16H14FN3S. The lowest BCUT2D eigenvalue weighted by Crippen LogP contribution is -2.02. The zero-order chi connectivity index (χ0) is 14.8. The van der Waals surface area contributed by atoms with Crippen LogP contribution in [0.25, 0.3) is 10.9 Å². The van der Waals surface area contributed by atoms with Gasteiger partial charge in [-0.15, -0.1) is 0 Å². The number of aromatic nitrogens is 1. The van der Waals surface area contributed by atoms with Crippen LogP contribution in [0.3, 0.4) is 0 Å². The first-order valence-electron chi connectivity index (χ1n) is 6.47. The Morgan fingerprint density at radius 3 is 2.76 bits per heavy atom. The Morgan fingerprint density at radius 1 is 1.19 bits per heavy atom. The van der Waals surface area contributed by atoms with Gasteiger partial charge in [-0.05, 0) is 23.8 Å². The number of halogens is 1. The lowest BCUT2D eigenvalue weighted by atomic mass is 10.2. The Kier molecular flexibility index (Phi) is 3.66. The summed E-state index contributed by atoms with van der Waals surface area (Å²) in [6.45, 7) is 0.580. The van der Waals surface area contributed by atoms with E-state index < -0.39 is 0 Å². The van der Waals surface area contributed by atoms with Gasteiger partial charge in [0, 0.05) is 28.5 Å². The van der Waals surface area contributed by atoms with E-state index in [1.54, 1.807) is 6.07 Å². The van der Waals surface area contributed by atoms with Crippen LogP contribution in [0, 0.1) is 11.2 Å². The molecule has 0 bridgehead atoms. The van der Waals surface area contributed by atoms with Gasteiger partial charge in [-0.3, -0.25) is 5.41 Å². The van der Waals surface area contributed by atoms with Crippen molar-refractivity contribution in [1.29, 1.82) is 5.41 Å². The molecule has 1 aromatic heterocycles. The first kappa shape index (κ1) is 13.7. The highest BCUT2D eigenvalue weighted by atomic mass is 32.2. The van der Waals surface area contributed by atoms with Gasteiger partial charge in [0.25, 0.3) is 0 Å². The predicted molar refractivity (Wildman–Crippen MR) is 85.2 cm³/mol. The van der Waals surface area contributed by atoms with Gasteiger partial charge in [-0.2, -0.15) is 0 Å². The Labute approximate surface area is 126 Å². The molecule has 0 amide bonds. The van der Waals surface area contributed by atoms with Gasteiger partial charge >= 0.3 is 0 Å². The molecule has 5 heteroatoms. The SMILES string of the molecule is N=C(N)Sc1cn(Cc2cccc(F)c2)c2ccccc12. The van der Waals surface area contributed by atoms with Gasteiger partial charge in [0.05, 0.1) is 0 Å². The summed E-state index contributed by atoms with van der Waals surface area (Å²) < 4.78 is 15.4. The molecule has 0 saturated heterocycles. The summed E-state index contributed by atoms with van der Waals surface area (Å²) >= 11 is 1.23. The molecule has 0 saturated carbocycles. The van der Waals surface area contributed by atoms with E-state index in [4.69, 9.17) is 11.1 Å². The van der Waals surface area contributed by atoms with Crippen LogP contribution in [-0.4, -0.2) is 9.73 Å². The molecule has 3 rings (SSSR count). The van der Waals surface area contributed by atoms with Crippen molar-refractivity contribution in [3.8, 4) is 0 Å². The van der Waals surface area contributed by atoms with Gasteiger partial charge in [0.2, 0.25) is 0 Å². The molecule has 0 aliphatic rings. The third-order valence-corrected chi connectivity index (χ3v) is 3.98. The Hall–Kier alpha value is -2.27. The number of thioether (sulfide) groups is 1. The molecule has 0 spiro atoms. The fourth-order valence-electron chi connectivity index (χ4n) is 2.38.